The van der Waals surface area contributed by atoms with Gasteiger partial charge in [-0.25, -0.2) is 0 Å². The Morgan fingerprint density at radius 2 is 1.54 bits per heavy atom. The van der Waals surface area contributed by atoms with E-state index >= 15 is 0 Å². The summed E-state index contributed by atoms with van der Waals surface area (Å²) in [6.45, 7) is 4.53. The molecule has 0 saturated carbocycles. The van der Waals surface area contributed by atoms with Crippen molar-refractivity contribution in [2.45, 2.75) is 51.3 Å². The van der Waals surface area contributed by atoms with E-state index in [1.54, 1.807) is 20.2 Å². The zero-order valence-electron chi connectivity index (χ0n) is 20.7. The Morgan fingerprint density at radius 3 is 1.97 bits per heavy atom. The lowest BCUT2D eigenvalue weighted by Crippen LogP contribution is -2.62. The standard InChI is InChI=1S/C25H35ClF3N3O3/c1-16(2)24(35,25(27,28)29)23(34)32-13-9-18(10-14-32)17-7-11-31(12-8-17)19-5-6-20(21(26)15-19)22(33)30(3)4/h5-6,15-18,35H,7-14H2,1-4H3. The summed E-state index contributed by atoms with van der Waals surface area (Å²) in [6, 6.07) is 5.47. The van der Waals surface area contributed by atoms with Gasteiger partial charge in [0.1, 0.15) is 0 Å². The molecular weight excluding hydrogens is 483 g/mol. The topological polar surface area (TPSA) is 64.1 Å². The van der Waals surface area contributed by atoms with Crippen LogP contribution in [0.25, 0.3) is 0 Å². The van der Waals surface area contributed by atoms with E-state index in [9.17, 15) is 27.9 Å². The second-order valence-electron chi connectivity index (χ2n) is 10.2. The smallest absolute Gasteiger partial charge is 0.372 e. The first-order chi connectivity index (χ1) is 16.3. The number of anilines is 1. The van der Waals surface area contributed by atoms with Gasteiger partial charge in [0.15, 0.2) is 0 Å². The van der Waals surface area contributed by atoms with Crippen LogP contribution in [0.3, 0.4) is 0 Å². The summed E-state index contributed by atoms with van der Waals surface area (Å²) >= 11 is 6.36. The van der Waals surface area contributed by atoms with Crippen LogP contribution in [0, 0.1) is 17.8 Å². The summed E-state index contributed by atoms with van der Waals surface area (Å²) in [7, 11) is 3.36. The average Bonchev–Trinajstić information content (AvgIpc) is 2.81. The fourth-order valence-corrected chi connectivity index (χ4v) is 5.51. The summed E-state index contributed by atoms with van der Waals surface area (Å²) in [4.78, 5) is 29.7. The molecule has 35 heavy (non-hydrogen) atoms. The number of hydrogen-bond donors (Lipinski definition) is 1. The lowest BCUT2D eigenvalue weighted by Gasteiger charge is -2.43. The molecule has 1 N–H and O–H groups in total. The van der Waals surface area contributed by atoms with E-state index in [2.05, 4.69) is 4.90 Å². The highest BCUT2D eigenvalue weighted by atomic mass is 35.5. The van der Waals surface area contributed by atoms with Crippen molar-refractivity contribution in [3.05, 3.63) is 28.8 Å². The summed E-state index contributed by atoms with van der Waals surface area (Å²) in [5, 5.41) is 10.7. The van der Waals surface area contributed by atoms with Crippen molar-refractivity contribution in [3.63, 3.8) is 0 Å². The van der Waals surface area contributed by atoms with Crippen LogP contribution in [0.4, 0.5) is 18.9 Å². The summed E-state index contributed by atoms with van der Waals surface area (Å²) in [5.41, 5.74) is -1.92. The van der Waals surface area contributed by atoms with E-state index < -0.39 is 23.6 Å². The quantitative estimate of drug-likeness (QED) is 0.627. The Morgan fingerprint density at radius 1 is 1.03 bits per heavy atom. The van der Waals surface area contributed by atoms with E-state index in [1.807, 2.05) is 12.1 Å². The highest BCUT2D eigenvalue weighted by Crippen LogP contribution is 2.40. The van der Waals surface area contributed by atoms with Gasteiger partial charge in [-0.05, 0) is 55.7 Å². The van der Waals surface area contributed by atoms with Crippen LogP contribution in [0.2, 0.25) is 5.02 Å². The third-order valence-electron chi connectivity index (χ3n) is 7.58. The molecule has 0 aromatic heterocycles. The van der Waals surface area contributed by atoms with E-state index in [1.165, 1.54) is 23.6 Å². The van der Waals surface area contributed by atoms with E-state index in [0.29, 0.717) is 35.3 Å². The van der Waals surface area contributed by atoms with E-state index in [-0.39, 0.29) is 19.0 Å². The van der Waals surface area contributed by atoms with Crippen LogP contribution in [0.1, 0.15) is 49.9 Å². The number of likely N-dealkylation sites (tertiary alicyclic amines) is 1. The number of piperidine rings is 2. The van der Waals surface area contributed by atoms with E-state index in [0.717, 1.165) is 31.6 Å². The molecule has 0 spiro atoms. The molecule has 1 atom stereocenters. The van der Waals surface area contributed by atoms with Gasteiger partial charge in [0.25, 0.3) is 11.8 Å². The molecule has 2 amide bonds. The van der Waals surface area contributed by atoms with Gasteiger partial charge in [-0.2, -0.15) is 13.2 Å². The van der Waals surface area contributed by atoms with Gasteiger partial charge in [0.05, 0.1) is 10.6 Å². The first-order valence-corrected chi connectivity index (χ1v) is 12.5. The number of hydrogen-bond acceptors (Lipinski definition) is 4. The van der Waals surface area contributed by atoms with Crippen LogP contribution in [-0.4, -0.2) is 78.8 Å². The number of alkyl halides is 3. The second-order valence-corrected chi connectivity index (χ2v) is 10.6. The number of aliphatic hydroxyl groups is 1. The van der Waals surface area contributed by atoms with Crippen molar-refractivity contribution in [2.24, 2.45) is 17.8 Å². The predicted molar refractivity (Wildman–Crippen MR) is 130 cm³/mol. The summed E-state index contributed by atoms with van der Waals surface area (Å²) < 4.78 is 40.5. The molecule has 1 aromatic rings. The van der Waals surface area contributed by atoms with Gasteiger partial charge in [-0.15, -0.1) is 0 Å². The largest absolute Gasteiger partial charge is 0.426 e. The van der Waals surface area contributed by atoms with Crippen LogP contribution < -0.4 is 4.90 Å². The third kappa shape index (κ3) is 5.56. The predicted octanol–water partition coefficient (Wildman–Crippen LogP) is 4.45. The van der Waals surface area contributed by atoms with Crippen molar-refractivity contribution >= 4 is 29.1 Å². The van der Waals surface area contributed by atoms with Gasteiger partial charge < -0.3 is 19.8 Å². The lowest BCUT2D eigenvalue weighted by atomic mass is 9.78. The summed E-state index contributed by atoms with van der Waals surface area (Å²) in [6.07, 6.45) is -1.87. The Hall–Kier alpha value is -2.00. The first-order valence-electron chi connectivity index (χ1n) is 12.1. The molecule has 2 fully saturated rings. The number of carbonyl (C=O) groups is 2. The van der Waals surface area contributed by atoms with Gasteiger partial charge in [-0.1, -0.05) is 25.4 Å². The van der Waals surface area contributed by atoms with Crippen molar-refractivity contribution in [3.8, 4) is 0 Å². The molecule has 0 radical (unpaired) electrons. The zero-order valence-corrected chi connectivity index (χ0v) is 21.5. The Labute approximate surface area is 210 Å². The van der Waals surface area contributed by atoms with Gasteiger partial charge >= 0.3 is 6.18 Å². The molecule has 2 heterocycles. The molecule has 3 rings (SSSR count). The molecule has 6 nitrogen and oxygen atoms in total. The van der Waals surface area contributed by atoms with Gasteiger partial charge in [0, 0.05) is 51.9 Å². The molecule has 2 aliphatic rings. The molecule has 196 valence electrons. The Bertz CT molecular complexity index is 924. The monoisotopic (exact) mass is 517 g/mol. The molecule has 0 bridgehead atoms. The van der Waals surface area contributed by atoms with E-state index in [4.69, 9.17) is 11.6 Å². The minimum Gasteiger partial charge on any atom is -0.372 e. The molecule has 2 aliphatic heterocycles. The maximum Gasteiger partial charge on any atom is 0.426 e. The van der Waals surface area contributed by atoms with Crippen molar-refractivity contribution in [2.75, 3.05) is 45.2 Å². The number of rotatable bonds is 5. The molecule has 2 saturated heterocycles. The van der Waals surface area contributed by atoms with Crippen LogP contribution in [-0.2, 0) is 4.79 Å². The molecule has 0 aliphatic carbocycles. The second kappa shape index (κ2) is 10.5. The fraction of sp³-hybridized carbons (Fsp3) is 0.680. The van der Waals surface area contributed by atoms with Crippen molar-refractivity contribution in [1.29, 1.82) is 0 Å². The number of amides is 2. The fourth-order valence-electron chi connectivity index (χ4n) is 5.25. The Kier molecular flexibility index (Phi) is 8.31. The van der Waals surface area contributed by atoms with Gasteiger partial charge in [-0.3, -0.25) is 9.59 Å². The number of carbonyl (C=O) groups excluding carboxylic acids is 2. The molecule has 1 unspecified atom stereocenters. The maximum absolute atomic E-state index is 13.5. The minimum absolute atomic E-state index is 0.146. The van der Waals surface area contributed by atoms with Gasteiger partial charge in [0.2, 0.25) is 5.60 Å². The molecule has 1 aromatic carbocycles. The van der Waals surface area contributed by atoms with Crippen LogP contribution >= 0.6 is 11.6 Å². The summed E-state index contributed by atoms with van der Waals surface area (Å²) in [5.74, 6) is -1.88. The Balaban J connectivity index is 1.55. The third-order valence-corrected chi connectivity index (χ3v) is 7.89. The molecular formula is C25H35ClF3N3O3. The van der Waals surface area contributed by atoms with Crippen molar-refractivity contribution < 1.29 is 27.9 Å². The SMILES string of the molecule is CC(C)C(O)(C(=O)N1CCC(C2CCN(c3ccc(C(=O)N(C)C)c(Cl)c3)CC2)CC1)C(F)(F)F. The highest BCUT2D eigenvalue weighted by molar-refractivity contribution is 6.34. The zero-order chi connectivity index (χ0) is 26.1. The normalized spacial score (nSPS) is 20.2. The van der Waals surface area contributed by atoms with Crippen LogP contribution in [0.5, 0.6) is 0 Å². The minimum atomic E-state index is -5.01. The first kappa shape index (κ1) is 27.6. The highest BCUT2D eigenvalue weighted by Gasteiger charge is 2.62. The number of nitrogens with zero attached hydrogens (tertiary/aromatic N) is 3. The average molecular weight is 518 g/mol. The lowest BCUT2D eigenvalue weighted by molar-refractivity contribution is -0.270. The molecule has 10 heteroatoms. The van der Waals surface area contributed by atoms with Crippen LogP contribution in [0.15, 0.2) is 18.2 Å². The number of halogens is 4. The number of benzene rings is 1. The van der Waals surface area contributed by atoms with Crippen molar-refractivity contribution in [1.82, 2.24) is 9.80 Å². The maximum atomic E-state index is 13.5.